The number of phenolic OH excluding ortho intramolecular Hbond substituents is 1. The molecule has 0 saturated carbocycles. The van der Waals surface area contributed by atoms with Gasteiger partial charge in [-0.25, -0.2) is 4.79 Å². The molecule has 0 aliphatic carbocycles. The molecule has 1 atom stereocenters. The van der Waals surface area contributed by atoms with Crippen LogP contribution in [0.3, 0.4) is 0 Å². The van der Waals surface area contributed by atoms with Crippen LogP contribution in [-0.4, -0.2) is 23.8 Å². The predicted molar refractivity (Wildman–Crippen MR) is 90.1 cm³/mol. The summed E-state index contributed by atoms with van der Waals surface area (Å²) < 4.78 is 11.0. The van der Waals surface area contributed by atoms with E-state index in [1.165, 1.54) is 18.9 Å². The molecular formula is C19H26O4. The van der Waals surface area contributed by atoms with Gasteiger partial charge in [0.15, 0.2) is 0 Å². The van der Waals surface area contributed by atoms with Crippen molar-refractivity contribution in [2.24, 2.45) is 0 Å². The fourth-order valence-corrected chi connectivity index (χ4v) is 2.91. The highest BCUT2D eigenvalue weighted by atomic mass is 16.5. The maximum atomic E-state index is 12.4. The smallest absolute Gasteiger partial charge is 0.342 e. The number of phenols is 1. The monoisotopic (exact) mass is 318 g/mol. The van der Waals surface area contributed by atoms with E-state index in [2.05, 4.69) is 6.58 Å². The first-order valence-corrected chi connectivity index (χ1v) is 8.42. The van der Waals surface area contributed by atoms with Crippen LogP contribution in [0.1, 0.15) is 61.4 Å². The summed E-state index contributed by atoms with van der Waals surface area (Å²) in [6.45, 7) is 5.88. The van der Waals surface area contributed by atoms with Crippen molar-refractivity contribution < 1.29 is 19.4 Å². The van der Waals surface area contributed by atoms with Crippen molar-refractivity contribution in [2.75, 3.05) is 6.61 Å². The van der Waals surface area contributed by atoms with Crippen LogP contribution in [0.25, 0.3) is 0 Å². The Morgan fingerprint density at radius 2 is 2.04 bits per heavy atom. The third-order valence-corrected chi connectivity index (χ3v) is 4.11. The first-order chi connectivity index (χ1) is 11.1. The maximum absolute atomic E-state index is 12.4. The summed E-state index contributed by atoms with van der Waals surface area (Å²) in [5.74, 6) is 0.0331. The van der Waals surface area contributed by atoms with Gasteiger partial charge in [-0.05, 0) is 44.2 Å². The van der Waals surface area contributed by atoms with Gasteiger partial charge in [0.1, 0.15) is 23.7 Å². The molecule has 0 aromatic heterocycles. The normalized spacial score (nSPS) is 19.7. The van der Waals surface area contributed by atoms with Gasteiger partial charge in [0.25, 0.3) is 0 Å². The Labute approximate surface area is 138 Å². The minimum atomic E-state index is -0.444. The van der Waals surface area contributed by atoms with Gasteiger partial charge in [0, 0.05) is 6.07 Å². The molecule has 0 unspecified atom stereocenters. The quantitative estimate of drug-likeness (QED) is 0.663. The molecule has 1 aromatic carbocycles. The Morgan fingerprint density at radius 3 is 2.83 bits per heavy atom. The minimum Gasteiger partial charge on any atom is -0.507 e. The molecule has 0 fully saturated rings. The molecule has 126 valence electrons. The second kappa shape index (κ2) is 8.61. The highest BCUT2D eigenvalue weighted by Crippen LogP contribution is 2.31. The zero-order chi connectivity index (χ0) is 16.7. The number of aryl methyl sites for hydroxylation is 1. The Morgan fingerprint density at radius 1 is 1.30 bits per heavy atom. The second-order valence-corrected chi connectivity index (χ2v) is 6.10. The van der Waals surface area contributed by atoms with E-state index in [1.807, 2.05) is 13.0 Å². The van der Waals surface area contributed by atoms with Crippen LogP contribution < -0.4 is 4.74 Å². The van der Waals surface area contributed by atoms with Crippen LogP contribution in [0.5, 0.6) is 11.5 Å². The molecule has 0 saturated heterocycles. The number of aromatic hydroxyl groups is 1. The molecule has 23 heavy (non-hydrogen) atoms. The van der Waals surface area contributed by atoms with Gasteiger partial charge in [-0.3, -0.25) is 0 Å². The van der Waals surface area contributed by atoms with Crippen molar-refractivity contribution in [1.29, 1.82) is 0 Å². The predicted octanol–water partition coefficient (Wildman–Crippen LogP) is 4.40. The topological polar surface area (TPSA) is 55.8 Å². The van der Waals surface area contributed by atoms with Gasteiger partial charge in [-0.2, -0.15) is 0 Å². The molecule has 0 bridgehead atoms. The standard InChI is InChI=1S/C19H26O4/c1-3-11-22-16-12-15-10-8-6-4-5-7-9-14(2)23-19(21)18(15)17(20)13-16/h3,12-14,20H,1,4-11H2,2H3/t14-/m1/s1. The maximum Gasteiger partial charge on any atom is 0.342 e. The second-order valence-electron chi connectivity index (χ2n) is 6.10. The third-order valence-electron chi connectivity index (χ3n) is 4.11. The lowest BCUT2D eigenvalue weighted by atomic mass is 9.98. The van der Waals surface area contributed by atoms with Crippen LogP contribution in [0.15, 0.2) is 24.8 Å². The van der Waals surface area contributed by atoms with E-state index in [-0.39, 0.29) is 17.4 Å². The molecule has 0 spiro atoms. The zero-order valence-electron chi connectivity index (χ0n) is 13.8. The van der Waals surface area contributed by atoms with Crippen LogP contribution >= 0.6 is 0 Å². The number of esters is 1. The molecule has 4 heteroatoms. The number of hydrogen-bond acceptors (Lipinski definition) is 4. The van der Waals surface area contributed by atoms with Crippen LogP contribution in [0.4, 0.5) is 0 Å². The molecule has 1 aliphatic heterocycles. The highest BCUT2D eigenvalue weighted by molar-refractivity contribution is 5.94. The van der Waals surface area contributed by atoms with Gasteiger partial charge >= 0.3 is 5.97 Å². The molecule has 1 N–H and O–H groups in total. The van der Waals surface area contributed by atoms with Gasteiger partial charge in [0.2, 0.25) is 0 Å². The SMILES string of the molecule is C=CCOc1cc(O)c2c(c1)CCCCCCC[C@@H](C)OC2=O. The fraction of sp³-hybridized carbons (Fsp3) is 0.526. The van der Waals surface area contributed by atoms with Crippen LogP contribution in [-0.2, 0) is 11.2 Å². The molecule has 2 rings (SSSR count). The van der Waals surface area contributed by atoms with E-state index < -0.39 is 5.97 Å². The third kappa shape index (κ3) is 5.02. The van der Waals surface area contributed by atoms with Crippen molar-refractivity contribution in [2.45, 2.75) is 58.0 Å². The molecular weight excluding hydrogens is 292 g/mol. The number of rotatable bonds is 3. The van der Waals surface area contributed by atoms with Gasteiger partial charge < -0.3 is 14.6 Å². The van der Waals surface area contributed by atoms with Gasteiger partial charge in [-0.15, -0.1) is 0 Å². The van der Waals surface area contributed by atoms with E-state index >= 15 is 0 Å². The summed E-state index contributed by atoms with van der Waals surface area (Å²) in [6.07, 6.45) is 8.65. The van der Waals surface area contributed by atoms with E-state index in [0.29, 0.717) is 12.4 Å². The largest absolute Gasteiger partial charge is 0.507 e. The molecule has 0 radical (unpaired) electrons. The lowest BCUT2D eigenvalue weighted by molar-refractivity contribution is 0.0314. The molecule has 1 heterocycles. The average Bonchev–Trinajstić information content (AvgIpc) is 2.50. The van der Waals surface area contributed by atoms with E-state index in [0.717, 1.165) is 37.7 Å². The summed E-state index contributed by atoms with van der Waals surface area (Å²) >= 11 is 0. The minimum absolute atomic E-state index is 0.0733. The number of benzene rings is 1. The van der Waals surface area contributed by atoms with Crippen molar-refractivity contribution >= 4 is 5.97 Å². The van der Waals surface area contributed by atoms with Crippen molar-refractivity contribution in [1.82, 2.24) is 0 Å². The summed E-state index contributed by atoms with van der Waals surface area (Å²) in [7, 11) is 0. The summed E-state index contributed by atoms with van der Waals surface area (Å²) in [4.78, 5) is 12.4. The van der Waals surface area contributed by atoms with Gasteiger partial charge in [0.05, 0.1) is 6.10 Å². The Balaban J connectivity index is 2.30. The van der Waals surface area contributed by atoms with Crippen molar-refractivity contribution in [3.63, 3.8) is 0 Å². The zero-order valence-corrected chi connectivity index (χ0v) is 13.8. The Kier molecular flexibility index (Phi) is 6.51. The van der Waals surface area contributed by atoms with Crippen LogP contribution in [0.2, 0.25) is 0 Å². The van der Waals surface area contributed by atoms with Crippen molar-refractivity contribution in [3.8, 4) is 11.5 Å². The molecule has 0 amide bonds. The first kappa shape index (κ1) is 17.4. The Bertz CT molecular complexity index is 551. The average molecular weight is 318 g/mol. The summed E-state index contributed by atoms with van der Waals surface area (Å²) in [5.41, 5.74) is 1.07. The van der Waals surface area contributed by atoms with Crippen molar-refractivity contribution in [3.05, 3.63) is 35.9 Å². The number of carbonyl (C=O) groups excluding carboxylic acids is 1. The van der Waals surface area contributed by atoms with E-state index in [1.54, 1.807) is 6.08 Å². The van der Waals surface area contributed by atoms with Gasteiger partial charge in [-0.1, -0.05) is 31.9 Å². The molecule has 1 aliphatic rings. The van der Waals surface area contributed by atoms with E-state index in [9.17, 15) is 9.90 Å². The molecule has 1 aromatic rings. The summed E-state index contributed by atoms with van der Waals surface area (Å²) in [5, 5.41) is 10.3. The van der Waals surface area contributed by atoms with Crippen LogP contribution in [0, 0.1) is 0 Å². The summed E-state index contributed by atoms with van der Waals surface area (Å²) in [6, 6.07) is 3.30. The lowest BCUT2D eigenvalue weighted by Gasteiger charge is -2.18. The highest BCUT2D eigenvalue weighted by Gasteiger charge is 2.22. The number of carbonyl (C=O) groups is 1. The molecule has 4 nitrogen and oxygen atoms in total. The number of ether oxygens (including phenoxy) is 2. The Hall–Kier alpha value is -1.97. The fourth-order valence-electron chi connectivity index (χ4n) is 2.91. The number of cyclic esters (lactones) is 1. The first-order valence-electron chi connectivity index (χ1n) is 8.42. The number of fused-ring (bicyclic) bond motifs is 1. The number of hydrogen-bond donors (Lipinski definition) is 1. The lowest BCUT2D eigenvalue weighted by Crippen LogP contribution is -2.17. The van der Waals surface area contributed by atoms with E-state index in [4.69, 9.17) is 9.47 Å².